The lowest BCUT2D eigenvalue weighted by molar-refractivity contribution is -0.00608. The van der Waals surface area contributed by atoms with Gasteiger partial charge in [-0.3, -0.25) is 0 Å². The van der Waals surface area contributed by atoms with Crippen molar-refractivity contribution in [1.82, 2.24) is 4.90 Å². The molecular weight excluding hydrogens is 330 g/mol. The monoisotopic (exact) mass is 361 g/mol. The number of allylic oxidation sites excluding steroid dienone is 1. The van der Waals surface area contributed by atoms with E-state index >= 15 is 0 Å². The van der Waals surface area contributed by atoms with Crippen LogP contribution < -0.4 is 0 Å². The molecule has 1 unspecified atom stereocenters. The maximum Gasteiger partial charge on any atom is 0.420 e. The molecule has 2 amide bonds. The highest BCUT2D eigenvalue weighted by molar-refractivity contribution is 5.88. The van der Waals surface area contributed by atoms with Crippen molar-refractivity contribution >= 4 is 17.8 Å². The van der Waals surface area contributed by atoms with E-state index < -0.39 is 29.4 Å². The highest BCUT2D eigenvalue weighted by Gasteiger charge is 2.35. The summed E-state index contributed by atoms with van der Waals surface area (Å²) < 4.78 is 10.8. The first kappa shape index (κ1) is 21.7. The molecule has 1 atom stereocenters. The number of nitrogens with zero attached hydrogens (tertiary/aromatic N) is 1. The van der Waals surface area contributed by atoms with Gasteiger partial charge in [-0.05, 0) is 66.5 Å². The standard InChI is InChI=1S/C21H31NO4/c1-14(2)16-10-12-17(13-11-16)15(3)22(18(23)25-20(4,5)6)19(24)26-21(7,8)9/h10-13,15H,1H2,2-9H3. The third-order valence-corrected chi connectivity index (χ3v) is 3.45. The van der Waals surface area contributed by atoms with Gasteiger partial charge < -0.3 is 9.47 Å². The first-order valence-corrected chi connectivity index (χ1v) is 8.72. The van der Waals surface area contributed by atoms with E-state index in [-0.39, 0.29) is 0 Å². The van der Waals surface area contributed by atoms with Crippen molar-refractivity contribution in [2.45, 2.75) is 72.6 Å². The van der Waals surface area contributed by atoms with Gasteiger partial charge in [0.05, 0.1) is 6.04 Å². The molecule has 26 heavy (non-hydrogen) atoms. The summed E-state index contributed by atoms with van der Waals surface area (Å²) in [6.07, 6.45) is -1.47. The number of carbonyl (C=O) groups is 2. The second-order valence-corrected chi connectivity index (χ2v) is 8.41. The Morgan fingerprint density at radius 1 is 0.923 bits per heavy atom. The van der Waals surface area contributed by atoms with E-state index in [9.17, 15) is 9.59 Å². The Bertz CT molecular complexity index is 635. The van der Waals surface area contributed by atoms with E-state index in [1.807, 2.05) is 31.2 Å². The lowest BCUT2D eigenvalue weighted by Crippen LogP contribution is -2.44. The molecule has 0 aromatic heterocycles. The maximum atomic E-state index is 12.7. The summed E-state index contributed by atoms with van der Waals surface area (Å²) in [5.41, 5.74) is 1.30. The Balaban J connectivity index is 3.18. The van der Waals surface area contributed by atoms with Crippen LogP contribution in [0.3, 0.4) is 0 Å². The number of hydrogen-bond acceptors (Lipinski definition) is 4. The summed E-state index contributed by atoms with van der Waals surface area (Å²) in [5, 5.41) is 0. The van der Waals surface area contributed by atoms with E-state index in [0.717, 1.165) is 21.6 Å². The Morgan fingerprint density at radius 2 is 1.31 bits per heavy atom. The minimum Gasteiger partial charge on any atom is -0.443 e. The average molecular weight is 361 g/mol. The molecule has 0 saturated heterocycles. The summed E-state index contributed by atoms with van der Waals surface area (Å²) in [6.45, 7) is 18.1. The highest BCUT2D eigenvalue weighted by atomic mass is 16.6. The van der Waals surface area contributed by atoms with E-state index in [1.54, 1.807) is 48.5 Å². The van der Waals surface area contributed by atoms with Crippen LogP contribution in [0.1, 0.15) is 72.6 Å². The number of hydrogen-bond donors (Lipinski definition) is 0. The molecule has 0 saturated carbocycles. The fourth-order valence-electron chi connectivity index (χ4n) is 2.21. The van der Waals surface area contributed by atoms with E-state index in [1.165, 1.54) is 0 Å². The molecule has 1 rings (SSSR count). The summed E-state index contributed by atoms with van der Waals surface area (Å²) in [4.78, 5) is 26.3. The molecule has 0 aliphatic rings. The van der Waals surface area contributed by atoms with Crippen molar-refractivity contribution in [2.75, 3.05) is 0 Å². The third kappa shape index (κ3) is 6.54. The van der Waals surface area contributed by atoms with Crippen LogP contribution >= 0.6 is 0 Å². The largest absolute Gasteiger partial charge is 0.443 e. The van der Waals surface area contributed by atoms with Crippen LogP contribution in [-0.4, -0.2) is 28.3 Å². The van der Waals surface area contributed by atoms with Crippen molar-refractivity contribution in [3.8, 4) is 0 Å². The van der Waals surface area contributed by atoms with Gasteiger partial charge in [0.15, 0.2) is 0 Å². The van der Waals surface area contributed by atoms with Crippen LogP contribution in [0.5, 0.6) is 0 Å². The van der Waals surface area contributed by atoms with Crippen molar-refractivity contribution in [3.05, 3.63) is 42.0 Å². The molecule has 5 heteroatoms. The average Bonchev–Trinajstić information content (AvgIpc) is 2.43. The number of rotatable bonds is 3. The molecule has 0 aliphatic heterocycles. The lowest BCUT2D eigenvalue weighted by Gasteiger charge is -2.32. The van der Waals surface area contributed by atoms with Crippen molar-refractivity contribution in [1.29, 1.82) is 0 Å². The minimum atomic E-state index is -0.733. The predicted octanol–water partition coefficient (Wildman–Crippen LogP) is 5.95. The molecule has 5 nitrogen and oxygen atoms in total. The maximum absolute atomic E-state index is 12.7. The van der Waals surface area contributed by atoms with Crippen molar-refractivity contribution in [2.24, 2.45) is 0 Å². The number of carbonyl (C=O) groups excluding carboxylic acids is 2. The highest BCUT2D eigenvalue weighted by Crippen LogP contribution is 2.26. The Labute approximate surface area is 157 Å². The first-order chi connectivity index (χ1) is 11.7. The fraction of sp³-hybridized carbons (Fsp3) is 0.524. The molecule has 1 aromatic carbocycles. The van der Waals surface area contributed by atoms with Crippen LogP contribution in [0.15, 0.2) is 30.8 Å². The zero-order valence-electron chi connectivity index (χ0n) is 17.2. The summed E-state index contributed by atoms with van der Waals surface area (Å²) in [7, 11) is 0. The molecule has 0 N–H and O–H groups in total. The zero-order chi connectivity index (χ0) is 20.3. The van der Waals surface area contributed by atoms with Gasteiger partial charge in [0.1, 0.15) is 11.2 Å². The first-order valence-electron chi connectivity index (χ1n) is 8.72. The van der Waals surface area contributed by atoms with Crippen molar-refractivity contribution in [3.63, 3.8) is 0 Å². The third-order valence-electron chi connectivity index (χ3n) is 3.45. The van der Waals surface area contributed by atoms with Gasteiger partial charge >= 0.3 is 12.2 Å². The second kappa shape index (κ2) is 7.94. The minimum absolute atomic E-state index is 0.543. The van der Waals surface area contributed by atoms with Gasteiger partial charge in [-0.1, -0.05) is 36.4 Å². The van der Waals surface area contributed by atoms with Gasteiger partial charge in [-0.2, -0.15) is 0 Å². The van der Waals surface area contributed by atoms with Gasteiger partial charge in [0.2, 0.25) is 0 Å². The number of imide groups is 1. The van der Waals surface area contributed by atoms with E-state index in [4.69, 9.17) is 9.47 Å². The fourth-order valence-corrected chi connectivity index (χ4v) is 2.21. The molecule has 0 heterocycles. The van der Waals surface area contributed by atoms with Gasteiger partial charge in [-0.15, -0.1) is 0 Å². The van der Waals surface area contributed by atoms with E-state index in [0.29, 0.717) is 0 Å². The SMILES string of the molecule is C=C(C)c1ccc(C(C)N(C(=O)OC(C)(C)C)C(=O)OC(C)(C)C)cc1. The molecule has 0 aliphatic carbocycles. The normalized spacial score (nSPS) is 12.9. The Morgan fingerprint density at radius 3 is 1.62 bits per heavy atom. The Hall–Kier alpha value is -2.30. The van der Waals surface area contributed by atoms with Gasteiger partial charge in [0.25, 0.3) is 0 Å². The molecule has 0 radical (unpaired) electrons. The zero-order valence-corrected chi connectivity index (χ0v) is 17.2. The lowest BCUT2D eigenvalue weighted by atomic mass is 10.0. The van der Waals surface area contributed by atoms with Crippen LogP contribution in [0, 0.1) is 0 Å². The van der Waals surface area contributed by atoms with E-state index in [2.05, 4.69) is 6.58 Å². The smallest absolute Gasteiger partial charge is 0.420 e. The summed E-state index contributed by atoms with van der Waals surface area (Å²) >= 11 is 0. The van der Waals surface area contributed by atoms with Crippen LogP contribution in [0.25, 0.3) is 5.57 Å². The van der Waals surface area contributed by atoms with Crippen LogP contribution in [0.4, 0.5) is 9.59 Å². The topological polar surface area (TPSA) is 55.8 Å². The molecular formula is C21H31NO4. The molecule has 0 spiro atoms. The van der Waals surface area contributed by atoms with Crippen LogP contribution in [0.2, 0.25) is 0 Å². The van der Waals surface area contributed by atoms with Gasteiger partial charge in [0, 0.05) is 0 Å². The molecule has 0 bridgehead atoms. The molecule has 144 valence electrons. The number of ether oxygens (including phenoxy) is 2. The second-order valence-electron chi connectivity index (χ2n) is 8.41. The van der Waals surface area contributed by atoms with Crippen LogP contribution in [-0.2, 0) is 9.47 Å². The Kier molecular flexibility index (Phi) is 6.64. The quantitative estimate of drug-likeness (QED) is 0.667. The number of benzene rings is 1. The molecule has 0 fully saturated rings. The van der Waals surface area contributed by atoms with Gasteiger partial charge in [-0.25, -0.2) is 14.5 Å². The molecule has 1 aromatic rings. The number of amides is 2. The summed E-state index contributed by atoms with van der Waals surface area (Å²) in [5.74, 6) is 0. The predicted molar refractivity (Wildman–Crippen MR) is 104 cm³/mol. The summed E-state index contributed by atoms with van der Waals surface area (Å²) in [6, 6.07) is 7.03. The van der Waals surface area contributed by atoms with Crippen molar-refractivity contribution < 1.29 is 19.1 Å².